The second-order valence-corrected chi connectivity index (χ2v) is 6.10. The molecular formula is C15H24F3N5. The molecule has 0 radical (unpaired) electrons. The molecule has 0 saturated heterocycles. The zero-order chi connectivity index (χ0) is 16.9. The van der Waals surface area contributed by atoms with E-state index in [2.05, 4.69) is 25.8 Å². The highest BCUT2D eigenvalue weighted by Gasteiger charge is 2.41. The molecule has 3 N–H and O–H groups in total. The molecule has 23 heavy (non-hydrogen) atoms. The summed E-state index contributed by atoms with van der Waals surface area (Å²) in [7, 11) is 1.65. The van der Waals surface area contributed by atoms with Crippen molar-refractivity contribution in [1.29, 1.82) is 0 Å². The number of halogens is 3. The predicted molar refractivity (Wildman–Crippen MR) is 83.0 cm³/mol. The fourth-order valence-corrected chi connectivity index (χ4v) is 2.97. The predicted octanol–water partition coefficient (Wildman–Crippen LogP) is 2.75. The Labute approximate surface area is 134 Å². The number of aliphatic imine (C=N–C) groups is 1. The third-order valence-corrected chi connectivity index (χ3v) is 4.41. The largest absolute Gasteiger partial charge is 0.391 e. The number of hydrogen-bond donors (Lipinski definition) is 3. The van der Waals surface area contributed by atoms with Gasteiger partial charge in [0.25, 0.3) is 0 Å². The number of alkyl halides is 3. The summed E-state index contributed by atoms with van der Waals surface area (Å²) in [6.45, 7) is 3.01. The van der Waals surface area contributed by atoms with Gasteiger partial charge in [-0.1, -0.05) is 6.42 Å². The molecule has 1 aromatic heterocycles. The number of aromatic amines is 1. The number of nitrogens with zero attached hydrogens (tertiary/aromatic N) is 2. The summed E-state index contributed by atoms with van der Waals surface area (Å²) in [4.78, 5) is 4.11. The second kappa shape index (κ2) is 7.70. The Hall–Kier alpha value is -1.73. The van der Waals surface area contributed by atoms with E-state index in [9.17, 15) is 13.2 Å². The quantitative estimate of drug-likeness (QED) is 0.587. The number of rotatable bonds is 4. The first kappa shape index (κ1) is 17.6. The fraction of sp³-hybridized carbons (Fsp3) is 0.733. The Kier molecular flexibility index (Phi) is 5.90. The van der Waals surface area contributed by atoms with Gasteiger partial charge in [-0.2, -0.15) is 18.3 Å². The molecule has 0 spiro atoms. The number of guanidine groups is 1. The van der Waals surface area contributed by atoms with Crippen molar-refractivity contribution in [3.8, 4) is 0 Å². The smallest absolute Gasteiger partial charge is 0.356 e. The monoisotopic (exact) mass is 331 g/mol. The van der Waals surface area contributed by atoms with Crippen LogP contribution in [0.1, 0.15) is 36.9 Å². The highest BCUT2D eigenvalue weighted by Crippen LogP contribution is 2.39. The van der Waals surface area contributed by atoms with Crippen molar-refractivity contribution in [3.05, 3.63) is 17.5 Å². The summed E-state index contributed by atoms with van der Waals surface area (Å²) in [5.41, 5.74) is 2.01. The molecule has 1 heterocycles. The van der Waals surface area contributed by atoms with E-state index in [1.54, 1.807) is 13.2 Å². The average molecular weight is 331 g/mol. The Morgan fingerprint density at radius 3 is 2.78 bits per heavy atom. The van der Waals surface area contributed by atoms with Crippen LogP contribution in [0.2, 0.25) is 0 Å². The molecule has 0 aliphatic heterocycles. The van der Waals surface area contributed by atoms with Crippen LogP contribution in [0.5, 0.6) is 0 Å². The molecule has 2 atom stereocenters. The van der Waals surface area contributed by atoms with Gasteiger partial charge in [-0.05, 0) is 32.1 Å². The van der Waals surface area contributed by atoms with Gasteiger partial charge >= 0.3 is 6.18 Å². The Morgan fingerprint density at radius 1 is 1.39 bits per heavy atom. The summed E-state index contributed by atoms with van der Waals surface area (Å²) in [5, 5.41) is 13.1. The lowest BCUT2D eigenvalue weighted by molar-refractivity contribution is -0.185. The van der Waals surface area contributed by atoms with Gasteiger partial charge in [0.1, 0.15) is 0 Å². The van der Waals surface area contributed by atoms with E-state index in [0.29, 0.717) is 25.5 Å². The Morgan fingerprint density at radius 2 is 2.17 bits per heavy atom. The zero-order valence-corrected chi connectivity index (χ0v) is 13.5. The van der Waals surface area contributed by atoms with Gasteiger partial charge in [-0.15, -0.1) is 0 Å². The van der Waals surface area contributed by atoms with Crippen LogP contribution in [-0.2, 0) is 6.54 Å². The summed E-state index contributed by atoms with van der Waals surface area (Å²) >= 11 is 0. The Bertz CT molecular complexity index is 523. The van der Waals surface area contributed by atoms with Crippen LogP contribution in [0.4, 0.5) is 13.2 Å². The molecule has 1 saturated carbocycles. The molecule has 130 valence electrons. The Balaban J connectivity index is 1.78. The lowest BCUT2D eigenvalue weighted by Crippen LogP contribution is -2.41. The molecule has 5 nitrogen and oxygen atoms in total. The van der Waals surface area contributed by atoms with Gasteiger partial charge in [-0.3, -0.25) is 10.1 Å². The van der Waals surface area contributed by atoms with E-state index in [0.717, 1.165) is 17.7 Å². The lowest BCUT2D eigenvalue weighted by atomic mass is 9.81. The van der Waals surface area contributed by atoms with E-state index in [-0.39, 0.29) is 18.8 Å². The normalized spacial score (nSPS) is 22.9. The molecule has 8 heteroatoms. The first-order chi connectivity index (χ1) is 10.9. The third kappa shape index (κ3) is 5.14. The molecule has 2 unspecified atom stereocenters. The highest BCUT2D eigenvalue weighted by molar-refractivity contribution is 5.79. The SMILES string of the molecule is CN=C(NCc1cn[nH]c1C)NCC1CCCC(C(F)(F)F)C1. The maximum Gasteiger partial charge on any atom is 0.391 e. The first-order valence-electron chi connectivity index (χ1n) is 7.90. The second-order valence-electron chi connectivity index (χ2n) is 6.10. The van der Waals surface area contributed by atoms with Crippen molar-refractivity contribution in [1.82, 2.24) is 20.8 Å². The van der Waals surface area contributed by atoms with Crippen molar-refractivity contribution in [3.63, 3.8) is 0 Å². The summed E-state index contributed by atoms with van der Waals surface area (Å²) in [5.74, 6) is -0.532. The van der Waals surface area contributed by atoms with Crippen LogP contribution in [0.25, 0.3) is 0 Å². The maximum atomic E-state index is 12.8. The third-order valence-electron chi connectivity index (χ3n) is 4.41. The van der Waals surface area contributed by atoms with Crippen LogP contribution in [0.15, 0.2) is 11.2 Å². The van der Waals surface area contributed by atoms with Gasteiger partial charge in [0, 0.05) is 31.4 Å². The fourth-order valence-electron chi connectivity index (χ4n) is 2.97. The topological polar surface area (TPSA) is 65.1 Å². The first-order valence-corrected chi connectivity index (χ1v) is 7.90. The molecule has 0 bridgehead atoms. The van der Waals surface area contributed by atoms with E-state index in [1.165, 1.54) is 0 Å². The van der Waals surface area contributed by atoms with Crippen molar-refractivity contribution in [2.24, 2.45) is 16.8 Å². The maximum absolute atomic E-state index is 12.8. The summed E-state index contributed by atoms with van der Waals surface area (Å²) in [6.07, 6.45) is -0.405. The average Bonchev–Trinajstić information content (AvgIpc) is 2.92. The summed E-state index contributed by atoms with van der Waals surface area (Å²) in [6, 6.07) is 0. The zero-order valence-electron chi connectivity index (χ0n) is 13.5. The highest BCUT2D eigenvalue weighted by atomic mass is 19.4. The minimum Gasteiger partial charge on any atom is -0.356 e. The van der Waals surface area contributed by atoms with Crippen LogP contribution >= 0.6 is 0 Å². The molecule has 0 aromatic carbocycles. The van der Waals surface area contributed by atoms with Crippen LogP contribution in [0, 0.1) is 18.8 Å². The number of nitrogens with one attached hydrogen (secondary N) is 3. The number of aryl methyl sites for hydroxylation is 1. The standard InChI is InChI=1S/C15H24F3N5/c1-10-12(9-22-23-10)8-21-14(19-2)20-7-11-4-3-5-13(6-11)15(16,17)18/h9,11,13H,3-8H2,1-2H3,(H,22,23)(H2,19,20,21). The van der Waals surface area contributed by atoms with Gasteiger partial charge in [0.15, 0.2) is 5.96 Å². The molecule has 2 rings (SSSR count). The molecular weight excluding hydrogens is 307 g/mol. The summed E-state index contributed by atoms with van der Waals surface area (Å²) < 4.78 is 38.5. The van der Waals surface area contributed by atoms with Crippen molar-refractivity contribution < 1.29 is 13.2 Å². The van der Waals surface area contributed by atoms with E-state index in [4.69, 9.17) is 0 Å². The number of aromatic nitrogens is 2. The minimum absolute atomic E-state index is 0.0320. The van der Waals surface area contributed by atoms with Gasteiger partial charge < -0.3 is 10.6 Å². The minimum atomic E-state index is -4.07. The van der Waals surface area contributed by atoms with Crippen molar-refractivity contribution >= 4 is 5.96 Å². The van der Waals surface area contributed by atoms with Crippen molar-refractivity contribution in [2.45, 2.75) is 45.3 Å². The molecule has 0 amide bonds. The van der Waals surface area contributed by atoms with Crippen LogP contribution in [-0.4, -0.2) is 35.9 Å². The number of hydrogen-bond acceptors (Lipinski definition) is 2. The number of H-pyrrole nitrogens is 1. The molecule has 1 aliphatic rings. The molecule has 1 aromatic rings. The molecule has 1 fully saturated rings. The van der Waals surface area contributed by atoms with Crippen LogP contribution < -0.4 is 10.6 Å². The van der Waals surface area contributed by atoms with Crippen LogP contribution in [0.3, 0.4) is 0 Å². The molecule has 1 aliphatic carbocycles. The van der Waals surface area contributed by atoms with E-state index >= 15 is 0 Å². The van der Waals surface area contributed by atoms with Crippen molar-refractivity contribution in [2.75, 3.05) is 13.6 Å². The van der Waals surface area contributed by atoms with E-state index < -0.39 is 12.1 Å². The van der Waals surface area contributed by atoms with Gasteiger partial charge in [-0.25, -0.2) is 0 Å². The lowest BCUT2D eigenvalue weighted by Gasteiger charge is -2.30. The van der Waals surface area contributed by atoms with Gasteiger partial charge in [0.05, 0.1) is 12.1 Å². The van der Waals surface area contributed by atoms with Gasteiger partial charge in [0.2, 0.25) is 0 Å². The van der Waals surface area contributed by atoms with E-state index in [1.807, 2.05) is 6.92 Å².